The fraction of sp³-hybridized carbons (Fsp3) is 0.500. The fourth-order valence-corrected chi connectivity index (χ4v) is 2.74. The van der Waals surface area contributed by atoms with E-state index in [9.17, 15) is 9.59 Å². The second-order valence-corrected chi connectivity index (χ2v) is 5.38. The Labute approximate surface area is 125 Å². The molecule has 0 bridgehead atoms. The maximum atomic E-state index is 12.7. The molecule has 2 N–H and O–H groups in total. The van der Waals surface area contributed by atoms with Gasteiger partial charge < -0.3 is 15.5 Å². The first-order chi connectivity index (χ1) is 10.1. The molecule has 114 valence electrons. The van der Waals surface area contributed by atoms with Crippen LogP contribution in [0.15, 0.2) is 30.3 Å². The minimum Gasteiger partial charge on any atom is -0.341 e. The minimum absolute atomic E-state index is 0.0640. The van der Waals surface area contributed by atoms with Gasteiger partial charge in [-0.15, -0.1) is 0 Å². The number of amides is 2. The summed E-state index contributed by atoms with van der Waals surface area (Å²) in [4.78, 5) is 27.8. The van der Waals surface area contributed by atoms with E-state index in [1.54, 1.807) is 11.8 Å². The standard InChI is InChI=1S/C16H23N3O2/c1-13(20)18-8-5-9-19(11-10-18)16(21)15(12-17)14-6-3-2-4-7-14/h2-4,6-7,15H,5,8-12,17H2,1H3. The number of nitrogens with zero attached hydrogens (tertiary/aromatic N) is 2. The molecule has 0 radical (unpaired) electrons. The van der Waals surface area contributed by atoms with Crippen LogP contribution in [0.2, 0.25) is 0 Å². The zero-order valence-corrected chi connectivity index (χ0v) is 12.5. The molecule has 1 unspecified atom stereocenters. The number of hydrogen-bond donors (Lipinski definition) is 1. The molecule has 1 aromatic carbocycles. The minimum atomic E-state index is -0.296. The lowest BCUT2D eigenvalue weighted by atomic mass is 9.97. The molecule has 1 aromatic rings. The van der Waals surface area contributed by atoms with Crippen LogP contribution in [-0.4, -0.2) is 54.3 Å². The first kappa shape index (κ1) is 15.5. The third-order valence-electron chi connectivity index (χ3n) is 3.99. The predicted molar refractivity (Wildman–Crippen MR) is 81.7 cm³/mol. The van der Waals surface area contributed by atoms with Crippen molar-refractivity contribution in [3.05, 3.63) is 35.9 Å². The lowest BCUT2D eigenvalue weighted by Gasteiger charge is -2.26. The Morgan fingerprint density at radius 1 is 1.10 bits per heavy atom. The van der Waals surface area contributed by atoms with Crippen molar-refractivity contribution in [3.8, 4) is 0 Å². The molecule has 2 rings (SSSR count). The summed E-state index contributed by atoms with van der Waals surface area (Å²) in [5.41, 5.74) is 6.77. The largest absolute Gasteiger partial charge is 0.341 e. The van der Waals surface area contributed by atoms with Crippen molar-refractivity contribution in [2.75, 3.05) is 32.7 Å². The first-order valence-electron chi connectivity index (χ1n) is 7.42. The van der Waals surface area contributed by atoms with Gasteiger partial charge in [0.05, 0.1) is 5.92 Å². The van der Waals surface area contributed by atoms with Gasteiger partial charge in [-0.2, -0.15) is 0 Å². The Kier molecular flexibility index (Phi) is 5.33. The predicted octanol–water partition coefficient (Wildman–Crippen LogP) is 0.810. The third-order valence-corrected chi connectivity index (χ3v) is 3.99. The van der Waals surface area contributed by atoms with Crippen LogP contribution in [0.25, 0.3) is 0 Å². The van der Waals surface area contributed by atoms with Crippen LogP contribution in [0.3, 0.4) is 0 Å². The van der Waals surface area contributed by atoms with Gasteiger partial charge in [-0.1, -0.05) is 30.3 Å². The summed E-state index contributed by atoms with van der Waals surface area (Å²) in [6.45, 7) is 4.47. The monoisotopic (exact) mass is 289 g/mol. The number of nitrogens with two attached hydrogens (primary N) is 1. The van der Waals surface area contributed by atoms with Crippen molar-refractivity contribution in [2.24, 2.45) is 5.73 Å². The summed E-state index contributed by atoms with van der Waals surface area (Å²) in [6.07, 6.45) is 0.817. The molecule has 21 heavy (non-hydrogen) atoms. The Hall–Kier alpha value is -1.88. The molecule has 1 aliphatic rings. The summed E-state index contributed by atoms with van der Waals surface area (Å²) in [5, 5.41) is 0. The average Bonchev–Trinajstić information content (AvgIpc) is 2.75. The van der Waals surface area contributed by atoms with E-state index in [2.05, 4.69) is 0 Å². The van der Waals surface area contributed by atoms with Crippen LogP contribution in [0.5, 0.6) is 0 Å². The second-order valence-electron chi connectivity index (χ2n) is 5.38. The quantitative estimate of drug-likeness (QED) is 0.895. The van der Waals surface area contributed by atoms with Gasteiger partial charge >= 0.3 is 0 Å². The highest BCUT2D eigenvalue weighted by Crippen LogP contribution is 2.18. The normalized spacial score (nSPS) is 17.2. The summed E-state index contributed by atoms with van der Waals surface area (Å²) in [7, 11) is 0. The van der Waals surface area contributed by atoms with Crippen LogP contribution in [-0.2, 0) is 9.59 Å². The number of rotatable bonds is 3. The SMILES string of the molecule is CC(=O)N1CCCN(C(=O)C(CN)c2ccccc2)CC1. The summed E-state index contributed by atoms with van der Waals surface area (Å²) < 4.78 is 0. The Balaban J connectivity index is 2.06. The maximum absolute atomic E-state index is 12.7. The molecule has 1 saturated heterocycles. The molecule has 0 saturated carbocycles. The third kappa shape index (κ3) is 3.82. The van der Waals surface area contributed by atoms with Gasteiger partial charge in [0.1, 0.15) is 0 Å². The van der Waals surface area contributed by atoms with Crippen LogP contribution in [0, 0.1) is 0 Å². The van der Waals surface area contributed by atoms with Crippen molar-refractivity contribution < 1.29 is 9.59 Å². The Morgan fingerprint density at radius 2 is 1.71 bits per heavy atom. The smallest absolute Gasteiger partial charge is 0.231 e. The fourth-order valence-electron chi connectivity index (χ4n) is 2.74. The average molecular weight is 289 g/mol. The van der Waals surface area contributed by atoms with Gasteiger partial charge in [-0.05, 0) is 12.0 Å². The molecule has 0 spiro atoms. The topological polar surface area (TPSA) is 66.6 Å². The van der Waals surface area contributed by atoms with Gasteiger partial charge in [0.15, 0.2) is 0 Å². The zero-order valence-electron chi connectivity index (χ0n) is 12.5. The molecule has 0 aromatic heterocycles. The Morgan fingerprint density at radius 3 is 2.33 bits per heavy atom. The number of hydrogen-bond acceptors (Lipinski definition) is 3. The van der Waals surface area contributed by atoms with Gasteiger partial charge in [-0.3, -0.25) is 9.59 Å². The van der Waals surface area contributed by atoms with E-state index in [1.807, 2.05) is 35.2 Å². The second kappa shape index (κ2) is 7.22. The lowest BCUT2D eigenvalue weighted by Crippen LogP contribution is -2.40. The van der Waals surface area contributed by atoms with E-state index in [0.717, 1.165) is 18.5 Å². The highest BCUT2D eigenvalue weighted by atomic mass is 16.2. The summed E-state index contributed by atoms with van der Waals surface area (Å²) in [5.74, 6) is -0.160. The van der Waals surface area contributed by atoms with E-state index in [1.165, 1.54) is 0 Å². The van der Waals surface area contributed by atoms with Crippen LogP contribution in [0.4, 0.5) is 0 Å². The van der Waals surface area contributed by atoms with E-state index < -0.39 is 0 Å². The van der Waals surface area contributed by atoms with Crippen molar-refractivity contribution >= 4 is 11.8 Å². The van der Waals surface area contributed by atoms with Gasteiger partial charge in [0, 0.05) is 39.6 Å². The molecule has 0 aliphatic carbocycles. The van der Waals surface area contributed by atoms with Gasteiger partial charge in [0.2, 0.25) is 11.8 Å². The molecule has 1 aliphatic heterocycles. The Bertz CT molecular complexity index is 490. The highest BCUT2D eigenvalue weighted by Gasteiger charge is 2.26. The molecular weight excluding hydrogens is 266 g/mol. The summed E-state index contributed by atoms with van der Waals surface area (Å²) >= 11 is 0. The molecule has 1 atom stereocenters. The molecule has 1 heterocycles. The number of benzene rings is 1. The van der Waals surface area contributed by atoms with Gasteiger partial charge in [0.25, 0.3) is 0 Å². The number of carbonyl (C=O) groups is 2. The van der Waals surface area contributed by atoms with Crippen molar-refractivity contribution in [1.82, 2.24) is 9.80 Å². The van der Waals surface area contributed by atoms with E-state index in [4.69, 9.17) is 5.73 Å². The van der Waals surface area contributed by atoms with E-state index in [0.29, 0.717) is 26.2 Å². The van der Waals surface area contributed by atoms with Crippen molar-refractivity contribution in [2.45, 2.75) is 19.3 Å². The zero-order chi connectivity index (χ0) is 15.2. The van der Waals surface area contributed by atoms with Crippen LogP contribution < -0.4 is 5.73 Å². The molecule has 5 nitrogen and oxygen atoms in total. The van der Waals surface area contributed by atoms with E-state index >= 15 is 0 Å². The van der Waals surface area contributed by atoms with Crippen molar-refractivity contribution in [1.29, 1.82) is 0 Å². The molecule has 2 amide bonds. The molecule has 5 heteroatoms. The van der Waals surface area contributed by atoms with Crippen molar-refractivity contribution in [3.63, 3.8) is 0 Å². The van der Waals surface area contributed by atoms with Crippen LogP contribution in [0.1, 0.15) is 24.8 Å². The number of carbonyl (C=O) groups excluding carboxylic acids is 2. The molecule has 1 fully saturated rings. The first-order valence-corrected chi connectivity index (χ1v) is 7.42. The highest BCUT2D eigenvalue weighted by molar-refractivity contribution is 5.84. The summed E-state index contributed by atoms with van der Waals surface area (Å²) in [6, 6.07) is 9.65. The van der Waals surface area contributed by atoms with Crippen LogP contribution >= 0.6 is 0 Å². The molecular formula is C16H23N3O2. The van der Waals surface area contributed by atoms with E-state index in [-0.39, 0.29) is 17.7 Å². The van der Waals surface area contributed by atoms with Gasteiger partial charge in [-0.25, -0.2) is 0 Å². The lowest BCUT2D eigenvalue weighted by molar-refractivity contribution is -0.133. The maximum Gasteiger partial charge on any atom is 0.231 e.